The van der Waals surface area contributed by atoms with Crippen molar-refractivity contribution >= 4 is 28.8 Å². The van der Waals surface area contributed by atoms with Gasteiger partial charge in [0, 0.05) is 7.05 Å². The monoisotopic (exact) mass is 236 g/mol. The second-order valence-corrected chi connectivity index (χ2v) is 4.06. The topological polar surface area (TPSA) is 79.2 Å². The molecule has 0 bridgehead atoms. The summed E-state index contributed by atoms with van der Waals surface area (Å²) in [5.74, 6) is -1.41. The van der Waals surface area contributed by atoms with E-state index in [4.69, 9.17) is 21.4 Å². The minimum Gasteiger partial charge on any atom is -0.476 e. The van der Waals surface area contributed by atoms with Gasteiger partial charge in [0.05, 0.1) is 0 Å². The van der Waals surface area contributed by atoms with E-state index in [0.29, 0.717) is 0 Å². The maximum atomic E-state index is 11.3. The molecule has 0 radical (unpaired) electrons. The zero-order valence-corrected chi connectivity index (χ0v) is 9.70. The van der Waals surface area contributed by atoms with E-state index in [1.165, 1.54) is 7.05 Å². The van der Waals surface area contributed by atoms with Crippen LogP contribution >= 0.6 is 11.6 Å². The molecular weight excluding hydrogens is 224 g/mol. The van der Waals surface area contributed by atoms with Gasteiger partial charge in [-0.2, -0.15) is 5.01 Å². The quantitative estimate of drug-likeness (QED) is 0.582. The SMILES string of the molecule is CN(/N=C(\Cl)C(=O)O)C(=O)OC(C)(C)C. The molecule has 0 saturated carbocycles. The first kappa shape index (κ1) is 13.7. The molecule has 0 saturated heterocycles. The van der Waals surface area contributed by atoms with Gasteiger partial charge in [0.15, 0.2) is 0 Å². The maximum Gasteiger partial charge on any atom is 0.430 e. The van der Waals surface area contributed by atoms with E-state index in [1.807, 2.05) is 0 Å². The first-order valence-electron chi connectivity index (χ1n) is 4.07. The Morgan fingerprint density at radius 2 is 1.87 bits per heavy atom. The third kappa shape index (κ3) is 5.90. The number of rotatable bonds is 2. The molecule has 7 heteroatoms. The van der Waals surface area contributed by atoms with Crippen LogP contribution in [0.2, 0.25) is 0 Å². The minimum atomic E-state index is -1.41. The minimum absolute atomic E-state index is 0.670. The molecule has 0 heterocycles. The lowest BCUT2D eigenvalue weighted by Gasteiger charge is -2.21. The standard InChI is InChI=1S/C8H13ClN2O4/c1-8(2,3)15-7(14)11(4)10-5(9)6(12)13/h1-4H3,(H,12,13)/b10-5-. The summed E-state index contributed by atoms with van der Waals surface area (Å²) in [5.41, 5.74) is -0.670. The van der Waals surface area contributed by atoms with Crippen molar-refractivity contribution in [3.05, 3.63) is 0 Å². The summed E-state index contributed by atoms with van der Waals surface area (Å²) in [7, 11) is 1.25. The van der Waals surface area contributed by atoms with Crippen LogP contribution in [0.1, 0.15) is 20.8 Å². The van der Waals surface area contributed by atoms with Gasteiger partial charge >= 0.3 is 12.1 Å². The predicted molar refractivity (Wildman–Crippen MR) is 54.9 cm³/mol. The number of hydrogen-bond acceptors (Lipinski definition) is 4. The van der Waals surface area contributed by atoms with Gasteiger partial charge in [0.2, 0.25) is 5.17 Å². The van der Waals surface area contributed by atoms with Gasteiger partial charge in [-0.05, 0) is 20.8 Å². The summed E-state index contributed by atoms with van der Waals surface area (Å²) < 4.78 is 4.91. The van der Waals surface area contributed by atoms with Crippen LogP contribution < -0.4 is 0 Å². The molecule has 0 fully saturated rings. The van der Waals surface area contributed by atoms with E-state index < -0.39 is 22.8 Å². The Kier molecular flexibility index (Phi) is 4.54. The van der Waals surface area contributed by atoms with Gasteiger partial charge in [0.1, 0.15) is 5.60 Å². The molecule has 0 aliphatic heterocycles. The molecule has 0 spiro atoms. The number of amides is 1. The van der Waals surface area contributed by atoms with Crippen LogP contribution in [0.3, 0.4) is 0 Å². The van der Waals surface area contributed by atoms with Gasteiger partial charge in [0.25, 0.3) is 0 Å². The molecule has 1 N–H and O–H groups in total. The normalized spacial score (nSPS) is 12.2. The molecule has 86 valence electrons. The molecule has 0 aliphatic carbocycles. The van der Waals surface area contributed by atoms with Gasteiger partial charge in [-0.3, -0.25) is 0 Å². The smallest absolute Gasteiger partial charge is 0.430 e. The average Bonchev–Trinajstić information content (AvgIpc) is 2.00. The molecule has 0 aromatic carbocycles. The number of hydrazone groups is 1. The van der Waals surface area contributed by atoms with Crippen LogP contribution in [0, 0.1) is 0 Å². The van der Waals surface area contributed by atoms with Crippen molar-refractivity contribution in [2.24, 2.45) is 5.10 Å². The van der Waals surface area contributed by atoms with Crippen molar-refractivity contribution in [2.45, 2.75) is 26.4 Å². The summed E-state index contributed by atoms with van der Waals surface area (Å²) in [6.45, 7) is 5.05. The number of carboxylic acid groups (broad SMARTS) is 1. The lowest BCUT2D eigenvalue weighted by Crippen LogP contribution is -2.32. The molecular formula is C8H13ClN2O4. The second kappa shape index (κ2) is 4.97. The molecule has 1 amide bonds. The van der Waals surface area contributed by atoms with Crippen LogP contribution in [0.25, 0.3) is 0 Å². The number of nitrogens with zero attached hydrogens (tertiary/aromatic N) is 2. The number of ether oxygens (including phenoxy) is 1. The van der Waals surface area contributed by atoms with Crippen LogP contribution in [-0.4, -0.2) is 40.0 Å². The van der Waals surface area contributed by atoms with E-state index in [2.05, 4.69) is 5.10 Å². The fraction of sp³-hybridized carbons (Fsp3) is 0.625. The van der Waals surface area contributed by atoms with Crippen molar-refractivity contribution in [3.63, 3.8) is 0 Å². The highest BCUT2D eigenvalue weighted by Gasteiger charge is 2.20. The third-order valence-corrected chi connectivity index (χ3v) is 1.31. The number of aliphatic carboxylic acids is 1. The Bertz CT molecular complexity index is 296. The summed E-state index contributed by atoms with van der Waals surface area (Å²) in [6, 6.07) is 0. The largest absolute Gasteiger partial charge is 0.476 e. The molecule has 0 aliphatic rings. The van der Waals surface area contributed by atoms with E-state index in [-0.39, 0.29) is 0 Å². The van der Waals surface area contributed by atoms with Crippen molar-refractivity contribution < 1.29 is 19.4 Å². The summed E-state index contributed by atoms with van der Waals surface area (Å²) in [6.07, 6.45) is -0.776. The summed E-state index contributed by atoms with van der Waals surface area (Å²) >= 11 is 5.23. The Labute approximate surface area is 92.5 Å². The zero-order chi connectivity index (χ0) is 12.2. The van der Waals surface area contributed by atoms with Gasteiger partial charge in [-0.1, -0.05) is 11.6 Å². The molecule has 0 aromatic rings. The van der Waals surface area contributed by atoms with E-state index in [0.717, 1.165) is 5.01 Å². The number of carboxylic acids is 1. The molecule has 6 nitrogen and oxygen atoms in total. The summed E-state index contributed by atoms with van der Waals surface area (Å²) in [4.78, 5) is 21.6. The highest BCUT2D eigenvalue weighted by molar-refractivity contribution is 6.81. The molecule has 0 atom stereocenters. The van der Waals surface area contributed by atoms with Gasteiger partial charge in [-0.25, -0.2) is 9.59 Å². The first-order chi connectivity index (χ1) is 6.63. The number of carbonyl (C=O) groups is 2. The van der Waals surface area contributed by atoms with Crippen LogP contribution in [-0.2, 0) is 9.53 Å². The zero-order valence-electron chi connectivity index (χ0n) is 8.94. The first-order valence-corrected chi connectivity index (χ1v) is 4.45. The van der Waals surface area contributed by atoms with Crippen LogP contribution in [0.4, 0.5) is 4.79 Å². The Morgan fingerprint density at radius 3 is 2.20 bits per heavy atom. The lowest BCUT2D eigenvalue weighted by molar-refractivity contribution is -0.129. The fourth-order valence-corrected chi connectivity index (χ4v) is 0.657. The van der Waals surface area contributed by atoms with Crippen molar-refractivity contribution in [1.29, 1.82) is 0 Å². The fourth-order valence-electron chi connectivity index (χ4n) is 0.543. The average molecular weight is 237 g/mol. The Hall–Kier alpha value is -1.30. The van der Waals surface area contributed by atoms with Gasteiger partial charge < -0.3 is 9.84 Å². The summed E-state index contributed by atoms with van der Waals surface area (Å²) in [5, 5.41) is 11.7. The van der Waals surface area contributed by atoms with Crippen molar-refractivity contribution in [3.8, 4) is 0 Å². The molecule has 0 rings (SSSR count). The molecule has 0 unspecified atom stereocenters. The number of halogens is 1. The Morgan fingerprint density at radius 1 is 1.40 bits per heavy atom. The molecule has 0 aromatic heterocycles. The van der Waals surface area contributed by atoms with Gasteiger partial charge in [-0.15, -0.1) is 5.10 Å². The highest BCUT2D eigenvalue weighted by Crippen LogP contribution is 2.09. The number of carbonyl (C=O) groups excluding carboxylic acids is 1. The molecule has 15 heavy (non-hydrogen) atoms. The second-order valence-electron chi connectivity index (χ2n) is 3.70. The maximum absolute atomic E-state index is 11.3. The van der Waals surface area contributed by atoms with Crippen LogP contribution in [0.15, 0.2) is 5.10 Å². The lowest BCUT2D eigenvalue weighted by atomic mass is 10.2. The Balaban J connectivity index is 4.47. The van der Waals surface area contributed by atoms with Crippen molar-refractivity contribution in [1.82, 2.24) is 5.01 Å². The van der Waals surface area contributed by atoms with Crippen LogP contribution in [0.5, 0.6) is 0 Å². The third-order valence-electron chi connectivity index (χ3n) is 1.07. The van der Waals surface area contributed by atoms with E-state index in [9.17, 15) is 9.59 Å². The van der Waals surface area contributed by atoms with E-state index in [1.54, 1.807) is 20.8 Å². The highest BCUT2D eigenvalue weighted by atomic mass is 35.5. The van der Waals surface area contributed by atoms with E-state index >= 15 is 0 Å². The number of hydrogen-bond donors (Lipinski definition) is 1. The van der Waals surface area contributed by atoms with Crippen molar-refractivity contribution in [2.75, 3.05) is 7.05 Å². The predicted octanol–water partition coefficient (Wildman–Crippen LogP) is 1.49.